The van der Waals surface area contributed by atoms with Crippen LogP contribution in [0.4, 0.5) is 0 Å². The van der Waals surface area contributed by atoms with Crippen LogP contribution in [0.2, 0.25) is 0 Å². The Balaban J connectivity index is 3.74. The van der Waals surface area contributed by atoms with Crippen molar-refractivity contribution < 1.29 is 10.2 Å². The molecule has 3 N–H and O–H groups in total. The number of allylic oxidation sites excluding steroid dienone is 4. The van der Waals surface area contributed by atoms with Gasteiger partial charge in [-0.05, 0) is 38.0 Å². The van der Waals surface area contributed by atoms with Gasteiger partial charge in [0.25, 0.3) is 0 Å². The molecule has 0 aliphatic heterocycles. The van der Waals surface area contributed by atoms with E-state index in [-0.39, 0.29) is 5.76 Å². The molecule has 1 unspecified atom stereocenters. The standard InChI is InChI=1S/C14H25NO2/c1-4-6-13(16)7-5-8-14(17)11-15-10-9-12(2)3/h4-8,12,14-17H,9-11H2,1-3H3/b6-4-,8-5+,13-7+. The topological polar surface area (TPSA) is 52.5 Å². The van der Waals surface area contributed by atoms with E-state index >= 15 is 0 Å². The second-order valence-electron chi connectivity index (χ2n) is 4.43. The molecule has 0 heterocycles. The maximum Gasteiger partial charge on any atom is 0.115 e. The van der Waals surface area contributed by atoms with Gasteiger partial charge in [-0.1, -0.05) is 32.1 Å². The maximum atomic E-state index is 9.58. The van der Waals surface area contributed by atoms with Gasteiger partial charge in [-0.3, -0.25) is 0 Å². The van der Waals surface area contributed by atoms with Gasteiger partial charge in [0, 0.05) is 6.54 Å². The van der Waals surface area contributed by atoms with Crippen LogP contribution >= 0.6 is 0 Å². The third-order valence-electron chi connectivity index (χ3n) is 2.19. The van der Waals surface area contributed by atoms with Gasteiger partial charge >= 0.3 is 0 Å². The second kappa shape index (κ2) is 10.1. The SMILES string of the molecule is C\C=C/C(O)=C\C=C\C(O)CNCCC(C)C. The van der Waals surface area contributed by atoms with Crippen LogP contribution in [0.1, 0.15) is 27.2 Å². The molecule has 0 aromatic carbocycles. The fourth-order valence-electron chi connectivity index (χ4n) is 1.22. The Morgan fingerprint density at radius 2 is 2.06 bits per heavy atom. The Morgan fingerprint density at radius 1 is 1.35 bits per heavy atom. The lowest BCUT2D eigenvalue weighted by molar-refractivity contribution is 0.218. The molecule has 0 saturated carbocycles. The maximum absolute atomic E-state index is 9.58. The van der Waals surface area contributed by atoms with Crippen molar-refractivity contribution in [3.05, 3.63) is 36.1 Å². The number of hydrogen-bond acceptors (Lipinski definition) is 3. The average Bonchev–Trinajstić information content (AvgIpc) is 2.24. The summed E-state index contributed by atoms with van der Waals surface area (Å²) in [6.07, 6.45) is 8.81. The van der Waals surface area contributed by atoms with Crippen molar-refractivity contribution in [2.24, 2.45) is 5.92 Å². The second-order valence-corrected chi connectivity index (χ2v) is 4.43. The Bertz CT molecular complexity index is 267. The summed E-state index contributed by atoms with van der Waals surface area (Å²) in [4.78, 5) is 0. The molecule has 0 aromatic heterocycles. The number of hydrogen-bond donors (Lipinski definition) is 3. The zero-order chi connectivity index (χ0) is 13.1. The van der Waals surface area contributed by atoms with Crippen LogP contribution in [0.25, 0.3) is 0 Å². The molecule has 0 radical (unpaired) electrons. The lowest BCUT2D eigenvalue weighted by Gasteiger charge is -2.08. The molecule has 0 saturated heterocycles. The smallest absolute Gasteiger partial charge is 0.115 e. The van der Waals surface area contributed by atoms with E-state index in [0.717, 1.165) is 13.0 Å². The van der Waals surface area contributed by atoms with Crippen LogP contribution in [0, 0.1) is 5.92 Å². The third-order valence-corrected chi connectivity index (χ3v) is 2.19. The molecule has 3 heteroatoms. The van der Waals surface area contributed by atoms with Crippen LogP contribution in [-0.2, 0) is 0 Å². The molecule has 0 aliphatic carbocycles. The minimum atomic E-state index is -0.517. The van der Waals surface area contributed by atoms with Crippen LogP contribution in [-0.4, -0.2) is 29.4 Å². The van der Waals surface area contributed by atoms with E-state index < -0.39 is 6.10 Å². The molecule has 0 rings (SSSR count). The summed E-state index contributed by atoms with van der Waals surface area (Å²) in [6, 6.07) is 0. The predicted octanol–water partition coefficient (Wildman–Crippen LogP) is 2.56. The van der Waals surface area contributed by atoms with Crippen molar-refractivity contribution in [1.82, 2.24) is 5.32 Å². The summed E-state index contributed by atoms with van der Waals surface area (Å²) in [5, 5.41) is 22.0. The lowest BCUT2D eigenvalue weighted by Crippen LogP contribution is -2.26. The summed E-state index contributed by atoms with van der Waals surface area (Å²) >= 11 is 0. The molecule has 0 fully saturated rings. The van der Waals surface area contributed by atoms with E-state index in [0.29, 0.717) is 12.5 Å². The van der Waals surface area contributed by atoms with Gasteiger partial charge in [-0.15, -0.1) is 0 Å². The molecule has 98 valence electrons. The predicted molar refractivity (Wildman–Crippen MR) is 73.0 cm³/mol. The van der Waals surface area contributed by atoms with Crippen LogP contribution in [0.15, 0.2) is 36.1 Å². The number of aliphatic hydroxyl groups excluding tert-OH is 2. The first-order chi connectivity index (χ1) is 8.06. The van der Waals surface area contributed by atoms with E-state index in [9.17, 15) is 10.2 Å². The lowest BCUT2D eigenvalue weighted by atomic mass is 10.1. The number of nitrogens with one attached hydrogen (secondary N) is 1. The minimum absolute atomic E-state index is 0.184. The first-order valence-corrected chi connectivity index (χ1v) is 6.15. The molecular weight excluding hydrogens is 214 g/mol. The van der Waals surface area contributed by atoms with E-state index in [4.69, 9.17) is 0 Å². The van der Waals surface area contributed by atoms with E-state index in [1.807, 2.05) is 6.92 Å². The van der Waals surface area contributed by atoms with E-state index in [1.54, 1.807) is 30.4 Å². The molecule has 0 aromatic rings. The van der Waals surface area contributed by atoms with Gasteiger partial charge in [0.15, 0.2) is 0 Å². The van der Waals surface area contributed by atoms with Crippen LogP contribution < -0.4 is 5.32 Å². The fraction of sp³-hybridized carbons (Fsp3) is 0.571. The highest BCUT2D eigenvalue weighted by atomic mass is 16.3. The zero-order valence-corrected chi connectivity index (χ0v) is 11.1. The summed E-state index contributed by atoms with van der Waals surface area (Å²) in [6.45, 7) is 7.64. The van der Waals surface area contributed by atoms with Gasteiger partial charge in [0.05, 0.1) is 6.10 Å². The quantitative estimate of drug-likeness (QED) is 0.346. The van der Waals surface area contributed by atoms with Crippen LogP contribution in [0.5, 0.6) is 0 Å². The monoisotopic (exact) mass is 239 g/mol. The molecule has 0 amide bonds. The van der Waals surface area contributed by atoms with Gasteiger partial charge in [0.1, 0.15) is 5.76 Å². The molecule has 17 heavy (non-hydrogen) atoms. The number of aliphatic hydroxyl groups is 2. The highest BCUT2D eigenvalue weighted by Crippen LogP contribution is 1.97. The summed E-state index contributed by atoms with van der Waals surface area (Å²) in [5.41, 5.74) is 0. The van der Waals surface area contributed by atoms with Crippen molar-refractivity contribution in [2.75, 3.05) is 13.1 Å². The zero-order valence-electron chi connectivity index (χ0n) is 11.1. The van der Waals surface area contributed by atoms with E-state index in [2.05, 4.69) is 19.2 Å². The Morgan fingerprint density at radius 3 is 2.65 bits per heavy atom. The first kappa shape index (κ1) is 15.9. The molecule has 3 nitrogen and oxygen atoms in total. The molecular formula is C14H25NO2. The fourth-order valence-corrected chi connectivity index (χ4v) is 1.22. The molecule has 0 aliphatic rings. The van der Waals surface area contributed by atoms with Gasteiger partial charge in [-0.25, -0.2) is 0 Å². The molecule has 0 bridgehead atoms. The van der Waals surface area contributed by atoms with Gasteiger partial charge in [0.2, 0.25) is 0 Å². The largest absolute Gasteiger partial charge is 0.508 e. The first-order valence-electron chi connectivity index (χ1n) is 6.15. The average molecular weight is 239 g/mol. The molecule has 1 atom stereocenters. The van der Waals surface area contributed by atoms with Crippen molar-refractivity contribution in [3.63, 3.8) is 0 Å². The van der Waals surface area contributed by atoms with Crippen molar-refractivity contribution >= 4 is 0 Å². The van der Waals surface area contributed by atoms with Crippen molar-refractivity contribution in [1.29, 1.82) is 0 Å². The summed E-state index contributed by atoms with van der Waals surface area (Å²) < 4.78 is 0. The third kappa shape index (κ3) is 11.2. The Hall–Kier alpha value is -1.06. The summed E-state index contributed by atoms with van der Waals surface area (Å²) in [7, 11) is 0. The summed E-state index contributed by atoms with van der Waals surface area (Å²) in [5.74, 6) is 0.861. The minimum Gasteiger partial charge on any atom is -0.508 e. The van der Waals surface area contributed by atoms with Gasteiger partial charge in [-0.2, -0.15) is 0 Å². The van der Waals surface area contributed by atoms with Crippen LogP contribution in [0.3, 0.4) is 0 Å². The van der Waals surface area contributed by atoms with E-state index in [1.165, 1.54) is 0 Å². The molecule has 0 spiro atoms. The Labute approximate surface area is 105 Å². The highest BCUT2D eigenvalue weighted by molar-refractivity contribution is 5.17. The normalized spacial score (nSPS) is 15.2. The highest BCUT2D eigenvalue weighted by Gasteiger charge is 1.98. The van der Waals surface area contributed by atoms with Gasteiger partial charge < -0.3 is 15.5 Å². The number of rotatable bonds is 8. The Kier molecular flexibility index (Phi) is 9.49. The van der Waals surface area contributed by atoms with Crippen molar-refractivity contribution in [2.45, 2.75) is 33.3 Å². The van der Waals surface area contributed by atoms with Crippen molar-refractivity contribution in [3.8, 4) is 0 Å².